The van der Waals surface area contributed by atoms with Crippen molar-refractivity contribution in [3.63, 3.8) is 0 Å². The molecule has 2 aliphatic rings. The zero-order chi connectivity index (χ0) is 40.0. The fourth-order valence-corrected chi connectivity index (χ4v) is 10.4. The first kappa shape index (κ1) is 34.0. The molecule has 2 atom stereocenters. The molecule has 0 saturated heterocycles. The van der Waals surface area contributed by atoms with Gasteiger partial charge in [0, 0.05) is 22.1 Å². The monoisotopic (exact) mass is 778 g/mol. The van der Waals surface area contributed by atoms with Crippen LogP contribution in [-0.2, 0) is 0 Å². The van der Waals surface area contributed by atoms with Crippen LogP contribution in [0.25, 0.3) is 65.0 Å². The van der Waals surface area contributed by atoms with E-state index in [9.17, 15) is 0 Å². The van der Waals surface area contributed by atoms with Gasteiger partial charge in [0.05, 0.1) is 23.0 Å². The molecule has 0 aliphatic carbocycles. The molecule has 0 aromatic heterocycles. The third kappa shape index (κ3) is 5.17. The van der Waals surface area contributed by atoms with Crippen LogP contribution in [0.15, 0.2) is 218 Å². The second-order valence-corrected chi connectivity index (χ2v) is 16.4. The highest BCUT2D eigenvalue weighted by Gasteiger charge is 2.46. The van der Waals surface area contributed by atoms with Crippen molar-refractivity contribution in [3.8, 4) is 16.9 Å². The summed E-state index contributed by atoms with van der Waals surface area (Å²) < 4.78 is 6.90. The van der Waals surface area contributed by atoms with Crippen molar-refractivity contribution >= 4 is 82.3 Å². The molecule has 0 fully saturated rings. The van der Waals surface area contributed by atoms with Gasteiger partial charge >= 0.3 is 0 Å². The molecule has 13 rings (SSSR count). The highest BCUT2D eigenvalue weighted by Crippen LogP contribution is 2.56. The maximum absolute atomic E-state index is 6.90. The van der Waals surface area contributed by atoms with Gasteiger partial charge in [-0.2, -0.15) is 0 Å². The number of rotatable bonds is 5. The lowest BCUT2D eigenvalue weighted by molar-refractivity contribution is 0.225. The van der Waals surface area contributed by atoms with Gasteiger partial charge in [-0.3, -0.25) is 0 Å². The minimum atomic E-state index is -0.201. The van der Waals surface area contributed by atoms with Crippen LogP contribution in [0.4, 0.5) is 28.4 Å². The zero-order valence-corrected chi connectivity index (χ0v) is 33.2. The molecule has 286 valence electrons. The van der Waals surface area contributed by atoms with Crippen molar-refractivity contribution in [2.75, 3.05) is 9.80 Å². The van der Waals surface area contributed by atoms with Gasteiger partial charge in [0.25, 0.3) is 0 Å². The van der Waals surface area contributed by atoms with Crippen molar-refractivity contribution in [1.82, 2.24) is 0 Å². The van der Waals surface area contributed by atoms with Crippen LogP contribution in [0.5, 0.6) is 5.75 Å². The Balaban J connectivity index is 0.963. The number of benzene rings is 11. The van der Waals surface area contributed by atoms with Crippen molar-refractivity contribution in [2.45, 2.75) is 12.1 Å². The van der Waals surface area contributed by atoms with Crippen molar-refractivity contribution in [3.05, 3.63) is 230 Å². The van der Waals surface area contributed by atoms with E-state index < -0.39 is 0 Å². The molecule has 11 aromatic rings. The Morgan fingerprint density at radius 1 is 0.377 bits per heavy atom. The Labute approximate surface area is 353 Å². The van der Waals surface area contributed by atoms with Crippen LogP contribution in [0.1, 0.15) is 17.0 Å². The van der Waals surface area contributed by atoms with E-state index in [-0.39, 0.29) is 12.1 Å². The molecular weight excluding hydrogens is 741 g/mol. The molecular formula is C58H38N2O. The molecule has 3 heteroatoms. The number of hydrogen-bond donors (Lipinski definition) is 0. The molecule has 0 spiro atoms. The lowest BCUT2D eigenvalue weighted by Gasteiger charge is -2.29. The first-order valence-corrected chi connectivity index (χ1v) is 21.1. The summed E-state index contributed by atoms with van der Waals surface area (Å²) in [6.45, 7) is 0. The fraction of sp³-hybridized carbons (Fsp3) is 0.0345. The standard InChI is InChI=1S/C58H38N2O/c1-3-17-43-37(13-1)15-11-24-52(43)59(53-25-12-16-38-14-2-4-18-44(38)53)42-31-27-39(28-32-42)57-51-36-41(30-34-54(51)60-55-23-9-10-26-56(55)61-58(57)60)40-29-33-49-47-21-6-5-19-45(47)46-20-7-8-22-48(46)50(49)35-40/h1-36,57-58H. The lowest BCUT2D eigenvalue weighted by Crippen LogP contribution is -2.30. The SMILES string of the molecule is c1ccc2c(c1)OC1C(c3ccc(N(c4cccc5ccccc45)c4cccc5ccccc45)cc3)c3cc(-c4ccc5c6ccccc6c6ccccc6c5c4)ccc3N21. The van der Waals surface area contributed by atoms with Gasteiger partial charge in [0.2, 0.25) is 0 Å². The lowest BCUT2D eigenvalue weighted by atomic mass is 9.88. The van der Waals surface area contributed by atoms with Crippen LogP contribution >= 0.6 is 0 Å². The molecule has 2 heterocycles. The average molecular weight is 779 g/mol. The van der Waals surface area contributed by atoms with Gasteiger partial charge < -0.3 is 14.5 Å². The van der Waals surface area contributed by atoms with E-state index in [1.165, 1.54) is 81.8 Å². The van der Waals surface area contributed by atoms with Crippen molar-refractivity contribution in [1.29, 1.82) is 0 Å². The Hall–Kier alpha value is -7.88. The van der Waals surface area contributed by atoms with Crippen LogP contribution in [0.2, 0.25) is 0 Å². The van der Waals surface area contributed by atoms with Crippen molar-refractivity contribution in [2.24, 2.45) is 0 Å². The predicted octanol–water partition coefficient (Wildman–Crippen LogP) is 15.6. The van der Waals surface area contributed by atoms with E-state index in [0.717, 1.165) is 28.5 Å². The Bertz CT molecular complexity index is 3430. The smallest absolute Gasteiger partial charge is 0.187 e. The Morgan fingerprint density at radius 3 is 1.54 bits per heavy atom. The van der Waals surface area contributed by atoms with Crippen LogP contribution in [0, 0.1) is 0 Å². The molecule has 2 unspecified atom stereocenters. The third-order valence-corrected chi connectivity index (χ3v) is 13.1. The summed E-state index contributed by atoms with van der Waals surface area (Å²) in [5.74, 6) is 0.903. The van der Waals surface area contributed by atoms with Gasteiger partial charge in [0.15, 0.2) is 6.23 Å². The summed E-state index contributed by atoms with van der Waals surface area (Å²) >= 11 is 0. The van der Waals surface area contributed by atoms with Gasteiger partial charge in [-0.1, -0.05) is 164 Å². The zero-order valence-electron chi connectivity index (χ0n) is 33.2. The van der Waals surface area contributed by atoms with Crippen LogP contribution in [-0.4, -0.2) is 6.23 Å². The first-order valence-electron chi connectivity index (χ1n) is 21.1. The van der Waals surface area contributed by atoms with E-state index >= 15 is 0 Å². The largest absolute Gasteiger partial charge is 0.467 e. The van der Waals surface area contributed by atoms with Crippen LogP contribution < -0.4 is 14.5 Å². The molecule has 3 nitrogen and oxygen atoms in total. The maximum Gasteiger partial charge on any atom is 0.187 e. The number of anilines is 5. The highest BCUT2D eigenvalue weighted by molar-refractivity contribution is 6.25. The summed E-state index contributed by atoms with van der Waals surface area (Å²) in [6.07, 6.45) is -0.201. The summed E-state index contributed by atoms with van der Waals surface area (Å²) in [5.41, 5.74) is 10.6. The molecule has 0 N–H and O–H groups in total. The number of ether oxygens (including phenoxy) is 1. The predicted molar refractivity (Wildman–Crippen MR) is 255 cm³/mol. The quantitative estimate of drug-likeness (QED) is 0.162. The first-order chi connectivity index (χ1) is 30.3. The Morgan fingerprint density at radius 2 is 0.885 bits per heavy atom. The van der Waals surface area contributed by atoms with Gasteiger partial charge in [0.1, 0.15) is 5.75 Å². The topological polar surface area (TPSA) is 15.7 Å². The van der Waals surface area contributed by atoms with E-state index in [1.54, 1.807) is 0 Å². The molecule has 11 aromatic carbocycles. The van der Waals surface area contributed by atoms with Gasteiger partial charge in [-0.25, -0.2) is 0 Å². The maximum atomic E-state index is 6.90. The normalized spacial score (nSPS) is 15.3. The average Bonchev–Trinajstić information content (AvgIpc) is 3.86. The molecule has 0 amide bonds. The van der Waals surface area contributed by atoms with E-state index in [4.69, 9.17) is 4.74 Å². The minimum absolute atomic E-state index is 0.0230. The molecule has 2 aliphatic heterocycles. The van der Waals surface area contributed by atoms with Crippen molar-refractivity contribution < 1.29 is 4.74 Å². The summed E-state index contributed by atoms with van der Waals surface area (Å²) in [4.78, 5) is 4.83. The number of fused-ring (bicyclic) bond motifs is 13. The summed E-state index contributed by atoms with van der Waals surface area (Å²) in [6, 6.07) is 79.9. The van der Waals surface area contributed by atoms with E-state index in [2.05, 4.69) is 228 Å². The van der Waals surface area contributed by atoms with Gasteiger partial charge in [-0.15, -0.1) is 0 Å². The minimum Gasteiger partial charge on any atom is -0.467 e. The Kier molecular flexibility index (Phi) is 7.43. The molecule has 61 heavy (non-hydrogen) atoms. The fourth-order valence-electron chi connectivity index (χ4n) is 10.4. The number of para-hydroxylation sites is 2. The van der Waals surface area contributed by atoms with E-state index in [0.29, 0.717) is 0 Å². The van der Waals surface area contributed by atoms with Gasteiger partial charge in [-0.05, 0) is 120 Å². The molecule has 0 radical (unpaired) electrons. The summed E-state index contributed by atoms with van der Waals surface area (Å²) in [5, 5.41) is 12.6. The second-order valence-electron chi connectivity index (χ2n) is 16.4. The third-order valence-electron chi connectivity index (χ3n) is 13.1. The number of nitrogens with zero attached hydrogens (tertiary/aromatic N) is 2. The molecule has 0 saturated carbocycles. The number of hydrogen-bond acceptors (Lipinski definition) is 3. The molecule has 0 bridgehead atoms. The van der Waals surface area contributed by atoms with Crippen LogP contribution in [0.3, 0.4) is 0 Å². The second kappa shape index (κ2) is 13.3. The van der Waals surface area contributed by atoms with E-state index in [1.807, 2.05) is 0 Å². The summed E-state index contributed by atoms with van der Waals surface area (Å²) in [7, 11) is 0. The highest BCUT2D eigenvalue weighted by atomic mass is 16.5.